The molecule has 0 saturated heterocycles. The third-order valence-electron chi connectivity index (χ3n) is 4.94. The number of nitrogens with one attached hydrogen (secondary N) is 2. The van der Waals surface area contributed by atoms with E-state index in [1.54, 1.807) is 6.07 Å². The zero-order valence-electron chi connectivity index (χ0n) is 16.2. The van der Waals surface area contributed by atoms with E-state index in [-0.39, 0.29) is 23.3 Å². The number of hydrogen-bond donors (Lipinski definition) is 2. The zero-order chi connectivity index (χ0) is 19.4. The van der Waals surface area contributed by atoms with E-state index < -0.39 is 0 Å². The summed E-state index contributed by atoms with van der Waals surface area (Å²) in [6.45, 7) is 6.31. The molecule has 1 fully saturated rings. The fraction of sp³-hybridized carbons (Fsp3) is 0.409. The van der Waals surface area contributed by atoms with Crippen LogP contribution in [0.5, 0.6) is 0 Å². The van der Waals surface area contributed by atoms with Crippen LogP contribution in [0.25, 0.3) is 0 Å². The first-order valence-corrected chi connectivity index (χ1v) is 9.51. The maximum absolute atomic E-state index is 12.7. The van der Waals surface area contributed by atoms with E-state index in [9.17, 15) is 9.59 Å². The van der Waals surface area contributed by atoms with Crippen LogP contribution in [0.1, 0.15) is 72.7 Å². The van der Waals surface area contributed by atoms with Crippen LogP contribution in [0.4, 0.5) is 5.69 Å². The molecule has 1 heterocycles. The highest BCUT2D eigenvalue weighted by molar-refractivity contribution is 6.06. The number of pyridine rings is 1. The summed E-state index contributed by atoms with van der Waals surface area (Å²) in [6, 6.07) is 9.60. The second kappa shape index (κ2) is 7.91. The van der Waals surface area contributed by atoms with Crippen molar-refractivity contribution in [3.8, 4) is 0 Å². The van der Waals surface area contributed by atoms with E-state index in [1.165, 1.54) is 12.4 Å². The molecule has 0 bridgehead atoms. The number of benzene rings is 1. The summed E-state index contributed by atoms with van der Waals surface area (Å²) >= 11 is 0. The first-order valence-electron chi connectivity index (χ1n) is 9.51. The van der Waals surface area contributed by atoms with Crippen molar-refractivity contribution in [1.82, 2.24) is 10.3 Å². The smallest absolute Gasteiger partial charge is 0.257 e. The highest BCUT2D eigenvalue weighted by Crippen LogP contribution is 2.29. The van der Waals surface area contributed by atoms with Gasteiger partial charge < -0.3 is 10.6 Å². The summed E-state index contributed by atoms with van der Waals surface area (Å²) in [7, 11) is 0. The van der Waals surface area contributed by atoms with Crippen LogP contribution >= 0.6 is 0 Å². The molecular weight excluding hydrogens is 338 g/mol. The van der Waals surface area contributed by atoms with Crippen LogP contribution in [0.3, 0.4) is 0 Å². The zero-order valence-corrected chi connectivity index (χ0v) is 16.2. The van der Waals surface area contributed by atoms with E-state index in [1.807, 2.05) is 24.3 Å². The predicted molar refractivity (Wildman–Crippen MR) is 107 cm³/mol. The summed E-state index contributed by atoms with van der Waals surface area (Å²) in [5.74, 6) is -0.436. The van der Waals surface area contributed by atoms with Crippen molar-refractivity contribution < 1.29 is 9.59 Å². The third-order valence-corrected chi connectivity index (χ3v) is 4.94. The van der Waals surface area contributed by atoms with Gasteiger partial charge in [0.05, 0.1) is 11.1 Å². The van der Waals surface area contributed by atoms with Crippen LogP contribution in [-0.4, -0.2) is 22.8 Å². The molecule has 142 valence electrons. The van der Waals surface area contributed by atoms with Gasteiger partial charge in [0.2, 0.25) is 0 Å². The molecule has 3 rings (SSSR count). The van der Waals surface area contributed by atoms with Crippen molar-refractivity contribution in [3.05, 3.63) is 59.4 Å². The minimum absolute atomic E-state index is 0.0921. The third kappa shape index (κ3) is 4.73. The predicted octanol–water partition coefficient (Wildman–Crippen LogP) is 4.30. The lowest BCUT2D eigenvalue weighted by Crippen LogP contribution is -2.32. The molecule has 0 spiro atoms. The lowest BCUT2D eigenvalue weighted by molar-refractivity contribution is 0.0937. The van der Waals surface area contributed by atoms with Crippen molar-refractivity contribution in [2.75, 3.05) is 5.32 Å². The monoisotopic (exact) mass is 365 g/mol. The second-order valence-electron chi connectivity index (χ2n) is 8.17. The Morgan fingerprint density at radius 1 is 1.00 bits per heavy atom. The summed E-state index contributed by atoms with van der Waals surface area (Å²) in [5.41, 5.74) is 2.53. The molecular formula is C22H27N3O2. The van der Waals surface area contributed by atoms with Gasteiger partial charge in [-0.1, -0.05) is 51.8 Å². The summed E-state index contributed by atoms with van der Waals surface area (Å²) in [6.07, 6.45) is 7.33. The Hall–Kier alpha value is -2.69. The minimum atomic E-state index is -0.269. The standard InChI is InChI=1S/C22H27N3O2/c1-22(2,3)18-10-6-7-11-19(18)25-21(27)16-12-15(13-23-14-16)20(26)24-17-8-4-5-9-17/h6-7,10-14,17H,4-5,8-9H2,1-3H3,(H,24,26)(H,25,27). The van der Waals surface area contributed by atoms with Gasteiger partial charge in [-0.2, -0.15) is 0 Å². The number of nitrogens with zero attached hydrogens (tertiary/aromatic N) is 1. The number of hydrogen-bond acceptors (Lipinski definition) is 3. The topological polar surface area (TPSA) is 71.1 Å². The SMILES string of the molecule is CC(C)(C)c1ccccc1NC(=O)c1cncc(C(=O)NC2CCCC2)c1. The Morgan fingerprint density at radius 2 is 1.63 bits per heavy atom. The quantitative estimate of drug-likeness (QED) is 0.848. The first kappa shape index (κ1) is 19.1. The maximum atomic E-state index is 12.7. The van der Waals surface area contributed by atoms with E-state index in [0.717, 1.165) is 36.9 Å². The molecule has 0 aliphatic heterocycles. The first-order chi connectivity index (χ1) is 12.8. The molecule has 1 aromatic heterocycles. The van der Waals surface area contributed by atoms with Crippen molar-refractivity contribution in [2.45, 2.75) is 57.9 Å². The Balaban J connectivity index is 1.75. The number of amides is 2. The van der Waals surface area contributed by atoms with Crippen LogP contribution in [0.2, 0.25) is 0 Å². The largest absolute Gasteiger partial charge is 0.349 e. The van der Waals surface area contributed by atoms with Gasteiger partial charge in [0.1, 0.15) is 0 Å². The van der Waals surface area contributed by atoms with Crippen LogP contribution in [-0.2, 0) is 5.41 Å². The molecule has 1 aliphatic carbocycles. The lowest BCUT2D eigenvalue weighted by Gasteiger charge is -2.23. The van der Waals surface area contributed by atoms with E-state index in [4.69, 9.17) is 0 Å². The second-order valence-corrected chi connectivity index (χ2v) is 8.17. The fourth-order valence-electron chi connectivity index (χ4n) is 3.47. The van der Waals surface area contributed by atoms with Crippen molar-refractivity contribution >= 4 is 17.5 Å². The summed E-state index contributed by atoms with van der Waals surface area (Å²) in [4.78, 5) is 29.3. The lowest BCUT2D eigenvalue weighted by atomic mass is 9.86. The van der Waals surface area contributed by atoms with Crippen molar-refractivity contribution in [2.24, 2.45) is 0 Å². The highest BCUT2D eigenvalue weighted by atomic mass is 16.2. The van der Waals surface area contributed by atoms with Gasteiger partial charge in [0, 0.05) is 24.1 Å². The number of carbonyl (C=O) groups excluding carboxylic acids is 2. The van der Waals surface area contributed by atoms with Crippen molar-refractivity contribution in [1.29, 1.82) is 0 Å². The number of para-hydroxylation sites is 1. The van der Waals surface area contributed by atoms with Crippen LogP contribution in [0.15, 0.2) is 42.7 Å². The van der Waals surface area contributed by atoms with E-state index in [0.29, 0.717) is 11.1 Å². The molecule has 0 unspecified atom stereocenters. The summed E-state index contributed by atoms with van der Waals surface area (Å²) < 4.78 is 0. The van der Waals surface area contributed by atoms with Gasteiger partial charge in [0.15, 0.2) is 0 Å². The number of aromatic nitrogens is 1. The van der Waals surface area contributed by atoms with Gasteiger partial charge in [0.25, 0.3) is 11.8 Å². The van der Waals surface area contributed by atoms with Gasteiger partial charge in [-0.15, -0.1) is 0 Å². The Morgan fingerprint density at radius 3 is 2.30 bits per heavy atom. The Bertz CT molecular complexity index is 833. The van der Waals surface area contributed by atoms with Gasteiger partial charge >= 0.3 is 0 Å². The fourth-order valence-corrected chi connectivity index (χ4v) is 3.47. The Labute approximate surface area is 160 Å². The van der Waals surface area contributed by atoms with Gasteiger partial charge in [-0.3, -0.25) is 14.6 Å². The van der Waals surface area contributed by atoms with E-state index >= 15 is 0 Å². The average Bonchev–Trinajstić information content (AvgIpc) is 3.14. The molecule has 0 radical (unpaired) electrons. The maximum Gasteiger partial charge on any atom is 0.257 e. The molecule has 27 heavy (non-hydrogen) atoms. The molecule has 5 heteroatoms. The van der Waals surface area contributed by atoms with Crippen molar-refractivity contribution in [3.63, 3.8) is 0 Å². The number of carbonyl (C=O) groups is 2. The average molecular weight is 365 g/mol. The number of rotatable bonds is 4. The number of anilines is 1. The minimum Gasteiger partial charge on any atom is -0.349 e. The molecule has 1 aromatic carbocycles. The van der Waals surface area contributed by atoms with Gasteiger partial charge in [-0.25, -0.2) is 0 Å². The van der Waals surface area contributed by atoms with E-state index in [2.05, 4.69) is 36.4 Å². The van der Waals surface area contributed by atoms with Gasteiger partial charge in [-0.05, 0) is 36.0 Å². The highest BCUT2D eigenvalue weighted by Gasteiger charge is 2.21. The normalized spacial score (nSPS) is 14.8. The Kier molecular flexibility index (Phi) is 5.59. The molecule has 2 N–H and O–H groups in total. The molecule has 5 nitrogen and oxygen atoms in total. The van der Waals surface area contributed by atoms with Crippen LogP contribution < -0.4 is 10.6 Å². The molecule has 2 amide bonds. The molecule has 0 atom stereocenters. The molecule has 1 aliphatic rings. The molecule has 1 saturated carbocycles. The van der Waals surface area contributed by atoms with Crippen LogP contribution in [0, 0.1) is 0 Å². The summed E-state index contributed by atoms with van der Waals surface area (Å²) in [5, 5.41) is 5.99. The molecule has 2 aromatic rings.